The van der Waals surface area contributed by atoms with Crippen molar-refractivity contribution in [2.75, 3.05) is 0 Å². The molecular formula is C16H18O. The molecule has 0 atom stereocenters. The van der Waals surface area contributed by atoms with E-state index >= 15 is 0 Å². The first-order chi connectivity index (χ1) is 8.11. The lowest BCUT2D eigenvalue weighted by Gasteiger charge is -2.10. The van der Waals surface area contributed by atoms with Gasteiger partial charge in [0, 0.05) is 0 Å². The number of hydrogen-bond acceptors (Lipinski definition) is 1. The van der Waals surface area contributed by atoms with Crippen molar-refractivity contribution in [3.8, 4) is 11.1 Å². The number of aliphatic hydroxyl groups is 1. The third kappa shape index (κ3) is 2.40. The van der Waals surface area contributed by atoms with Crippen molar-refractivity contribution >= 4 is 0 Å². The third-order valence-electron chi connectivity index (χ3n) is 3.37. The highest BCUT2D eigenvalue weighted by atomic mass is 16.3. The first kappa shape index (κ1) is 11.9. The van der Waals surface area contributed by atoms with Gasteiger partial charge in [-0.05, 0) is 60.2 Å². The molecule has 0 bridgehead atoms. The summed E-state index contributed by atoms with van der Waals surface area (Å²) in [7, 11) is 0. The van der Waals surface area contributed by atoms with Crippen molar-refractivity contribution in [1.82, 2.24) is 0 Å². The molecule has 2 aromatic rings. The van der Waals surface area contributed by atoms with E-state index in [1.54, 1.807) is 0 Å². The Morgan fingerprint density at radius 2 is 1.53 bits per heavy atom. The predicted octanol–water partition coefficient (Wildman–Crippen LogP) is 3.77. The van der Waals surface area contributed by atoms with Crippen LogP contribution in [0.1, 0.15) is 22.3 Å². The monoisotopic (exact) mass is 226 g/mol. The molecule has 0 saturated carbocycles. The van der Waals surface area contributed by atoms with Gasteiger partial charge in [-0.3, -0.25) is 0 Å². The van der Waals surface area contributed by atoms with Crippen LogP contribution in [0.15, 0.2) is 36.4 Å². The fourth-order valence-electron chi connectivity index (χ4n) is 2.05. The van der Waals surface area contributed by atoms with Crippen LogP contribution < -0.4 is 0 Å². The van der Waals surface area contributed by atoms with Gasteiger partial charge in [-0.1, -0.05) is 30.3 Å². The lowest BCUT2D eigenvalue weighted by molar-refractivity contribution is 0.282. The van der Waals surface area contributed by atoms with Crippen molar-refractivity contribution < 1.29 is 5.11 Å². The minimum Gasteiger partial charge on any atom is -0.392 e. The van der Waals surface area contributed by atoms with Gasteiger partial charge in [0.05, 0.1) is 6.61 Å². The van der Waals surface area contributed by atoms with Crippen LogP contribution in [0.25, 0.3) is 11.1 Å². The standard InChI is InChI=1S/C16H18O/c1-11-7-16(8-12(2)13(11)3)15-6-4-5-14(9-15)10-17/h4-9,17H,10H2,1-3H3. The summed E-state index contributed by atoms with van der Waals surface area (Å²) in [6.07, 6.45) is 0. The zero-order chi connectivity index (χ0) is 12.4. The molecule has 2 aromatic carbocycles. The molecule has 1 heteroatoms. The minimum atomic E-state index is 0.0949. The second-order valence-electron chi connectivity index (χ2n) is 4.59. The summed E-state index contributed by atoms with van der Waals surface area (Å²) in [5.41, 5.74) is 7.33. The SMILES string of the molecule is Cc1cc(-c2cccc(CO)c2)cc(C)c1C. The normalized spacial score (nSPS) is 10.6. The van der Waals surface area contributed by atoms with Crippen LogP contribution in [-0.2, 0) is 6.61 Å². The fourth-order valence-corrected chi connectivity index (χ4v) is 2.05. The van der Waals surface area contributed by atoms with Crippen molar-refractivity contribution in [3.05, 3.63) is 58.7 Å². The quantitative estimate of drug-likeness (QED) is 0.826. The smallest absolute Gasteiger partial charge is 0.0682 e. The van der Waals surface area contributed by atoms with E-state index in [2.05, 4.69) is 39.0 Å². The zero-order valence-electron chi connectivity index (χ0n) is 10.6. The predicted molar refractivity (Wildman–Crippen MR) is 72.0 cm³/mol. The van der Waals surface area contributed by atoms with Crippen LogP contribution in [0.2, 0.25) is 0 Å². The van der Waals surface area contributed by atoms with Crippen LogP contribution >= 0.6 is 0 Å². The average molecular weight is 226 g/mol. The Labute approximate surface area is 103 Å². The maximum absolute atomic E-state index is 9.16. The van der Waals surface area contributed by atoms with Crippen LogP contribution in [-0.4, -0.2) is 5.11 Å². The fraction of sp³-hybridized carbons (Fsp3) is 0.250. The van der Waals surface area contributed by atoms with Crippen LogP contribution in [0, 0.1) is 20.8 Å². The first-order valence-electron chi connectivity index (χ1n) is 5.90. The van der Waals surface area contributed by atoms with Crippen molar-refractivity contribution in [1.29, 1.82) is 0 Å². The van der Waals surface area contributed by atoms with Crippen molar-refractivity contribution in [3.63, 3.8) is 0 Å². The van der Waals surface area contributed by atoms with Crippen molar-refractivity contribution in [2.24, 2.45) is 0 Å². The van der Waals surface area contributed by atoms with Gasteiger partial charge in [0.25, 0.3) is 0 Å². The Morgan fingerprint density at radius 1 is 0.882 bits per heavy atom. The van der Waals surface area contributed by atoms with Crippen LogP contribution in [0.4, 0.5) is 0 Å². The molecule has 0 saturated heterocycles. The molecule has 0 unspecified atom stereocenters. The molecule has 0 aliphatic rings. The molecule has 0 heterocycles. The summed E-state index contributed by atoms with van der Waals surface area (Å²) >= 11 is 0. The Balaban J connectivity index is 2.52. The van der Waals surface area contributed by atoms with E-state index in [9.17, 15) is 0 Å². The molecule has 0 spiro atoms. The Kier molecular flexibility index (Phi) is 3.30. The highest BCUT2D eigenvalue weighted by Gasteiger charge is 2.03. The lowest BCUT2D eigenvalue weighted by atomic mass is 9.96. The van der Waals surface area contributed by atoms with Gasteiger partial charge in [-0.25, -0.2) is 0 Å². The number of aliphatic hydroxyl groups excluding tert-OH is 1. The van der Waals surface area contributed by atoms with E-state index in [4.69, 9.17) is 5.11 Å². The van der Waals surface area contributed by atoms with Crippen LogP contribution in [0.3, 0.4) is 0 Å². The summed E-state index contributed by atoms with van der Waals surface area (Å²) < 4.78 is 0. The third-order valence-corrected chi connectivity index (χ3v) is 3.37. The lowest BCUT2D eigenvalue weighted by Crippen LogP contribution is -1.90. The topological polar surface area (TPSA) is 20.2 Å². The molecule has 17 heavy (non-hydrogen) atoms. The second-order valence-corrected chi connectivity index (χ2v) is 4.59. The van der Waals surface area contributed by atoms with Gasteiger partial charge in [0.15, 0.2) is 0 Å². The molecule has 1 nitrogen and oxygen atoms in total. The highest BCUT2D eigenvalue weighted by molar-refractivity contribution is 5.66. The zero-order valence-corrected chi connectivity index (χ0v) is 10.6. The number of benzene rings is 2. The van der Waals surface area contributed by atoms with Crippen molar-refractivity contribution in [2.45, 2.75) is 27.4 Å². The van der Waals surface area contributed by atoms with Gasteiger partial charge in [0.2, 0.25) is 0 Å². The first-order valence-corrected chi connectivity index (χ1v) is 5.90. The second kappa shape index (κ2) is 4.72. The molecule has 2 rings (SSSR count). The Hall–Kier alpha value is -1.60. The molecule has 1 N–H and O–H groups in total. The number of aryl methyl sites for hydroxylation is 2. The molecule has 0 aromatic heterocycles. The van der Waals surface area contributed by atoms with Crippen LogP contribution in [0.5, 0.6) is 0 Å². The summed E-state index contributed by atoms with van der Waals surface area (Å²) in [5, 5.41) is 9.16. The molecule has 0 radical (unpaired) electrons. The number of hydrogen-bond donors (Lipinski definition) is 1. The van der Waals surface area contributed by atoms with Gasteiger partial charge >= 0.3 is 0 Å². The molecule has 0 aliphatic carbocycles. The van der Waals surface area contributed by atoms with E-state index in [0.29, 0.717) is 0 Å². The van der Waals surface area contributed by atoms with E-state index in [0.717, 1.165) is 5.56 Å². The van der Waals surface area contributed by atoms with Gasteiger partial charge < -0.3 is 5.11 Å². The van der Waals surface area contributed by atoms with Gasteiger partial charge in [-0.2, -0.15) is 0 Å². The van der Waals surface area contributed by atoms with E-state index in [-0.39, 0.29) is 6.61 Å². The summed E-state index contributed by atoms with van der Waals surface area (Å²) in [6.45, 7) is 6.53. The Morgan fingerprint density at radius 3 is 2.12 bits per heavy atom. The van der Waals surface area contributed by atoms with E-state index in [1.165, 1.54) is 27.8 Å². The van der Waals surface area contributed by atoms with Gasteiger partial charge in [0.1, 0.15) is 0 Å². The van der Waals surface area contributed by atoms with Gasteiger partial charge in [-0.15, -0.1) is 0 Å². The minimum absolute atomic E-state index is 0.0949. The molecular weight excluding hydrogens is 208 g/mol. The largest absolute Gasteiger partial charge is 0.392 e. The number of rotatable bonds is 2. The molecule has 0 amide bonds. The molecule has 88 valence electrons. The average Bonchev–Trinajstić information content (AvgIpc) is 2.35. The van der Waals surface area contributed by atoms with E-state index in [1.807, 2.05) is 18.2 Å². The summed E-state index contributed by atoms with van der Waals surface area (Å²) in [5.74, 6) is 0. The molecule has 0 fully saturated rings. The summed E-state index contributed by atoms with van der Waals surface area (Å²) in [4.78, 5) is 0. The molecule has 0 aliphatic heterocycles. The maximum Gasteiger partial charge on any atom is 0.0682 e. The summed E-state index contributed by atoms with van der Waals surface area (Å²) in [6, 6.07) is 12.5. The maximum atomic E-state index is 9.16. The Bertz CT molecular complexity index is 518. The highest BCUT2D eigenvalue weighted by Crippen LogP contribution is 2.25. The van der Waals surface area contributed by atoms with E-state index < -0.39 is 0 Å².